The van der Waals surface area contributed by atoms with Gasteiger partial charge in [0.05, 0.1) is 17.0 Å². The Balaban J connectivity index is 1.65. The summed E-state index contributed by atoms with van der Waals surface area (Å²) in [7, 11) is 0. The van der Waals surface area contributed by atoms with Crippen LogP contribution in [0.1, 0.15) is 39.2 Å². The number of carbonyl (C=O) groups is 1. The molecule has 178 valence electrons. The number of nitrogens with two attached hydrogens (primary N) is 1. The van der Waals surface area contributed by atoms with Crippen molar-refractivity contribution in [2.75, 3.05) is 39.3 Å². The summed E-state index contributed by atoms with van der Waals surface area (Å²) in [6.45, 7) is 11.0. The van der Waals surface area contributed by atoms with Crippen molar-refractivity contribution in [3.63, 3.8) is 0 Å². The maximum absolute atomic E-state index is 14.8. The number of hydrogen-bond donors (Lipinski definition) is 3. The first-order chi connectivity index (χ1) is 15.9. The highest BCUT2D eigenvalue weighted by molar-refractivity contribution is 6.34. The lowest BCUT2D eigenvalue weighted by Crippen LogP contribution is -2.35. The Labute approximate surface area is 195 Å². The molecule has 0 aliphatic heterocycles. The van der Waals surface area contributed by atoms with E-state index in [9.17, 15) is 9.18 Å². The second-order valence-electron chi connectivity index (χ2n) is 8.55. The molecule has 0 radical (unpaired) electrons. The highest BCUT2D eigenvalue weighted by Gasteiger charge is 2.36. The van der Waals surface area contributed by atoms with Gasteiger partial charge in [-0.3, -0.25) is 15.1 Å². The lowest BCUT2D eigenvalue weighted by atomic mass is 9.87. The van der Waals surface area contributed by atoms with E-state index >= 15 is 0 Å². The highest BCUT2D eigenvalue weighted by Crippen LogP contribution is 2.38. The number of Topliss-reactive ketones (excluding diaryl/α,β-unsaturated/α-hetero) is 1. The van der Waals surface area contributed by atoms with Crippen LogP contribution in [0.5, 0.6) is 5.75 Å². The SMILES string of the molecule is CCCN(CCNCC)CCOc1ccc(C(=N)C2=C(N)C3=C(C2=O)C(C)CC=C3)cc1F. The topological polar surface area (TPSA) is 91.4 Å². The van der Waals surface area contributed by atoms with Crippen LogP contribution in [-0.2, 0) is 4.79 Å². The first-order valence-electron chi connectivity index (χ1n) is 11.8. The number of benzene rings is 1. The number of hydrogen-bond acceptors (Lipinski definition) is 6. The monoisotopic (exact) mass is 454 g/mol. The van der Waals surface area contributed by atoms with Gasteiger partial charge in [-0.05, 0) is 50.0 Å². The summed E-state index contributed by atoms with van der Waals surface area (Å²) in [6, 6.07) is 4.38. The van der Waals surface area contributed by atoms with Crippen molar-refractivity contribution in [1.29, 1.82) is 5.41 Å². The van der Waals surface area contributed by atoms with Crippen LogP contribution in [0.3, 0.4) is 0 Å². The molecule has 0 saturated heterocycles. The summed E-state index contributed by atoms with van der Waals surface area (Å²) in [5.74, 6) is -0.580. The lowest BCUT2D eigenvalue weighted by Gasteiger charge is -2.22. The van der Waals surface area contributed by atoms with Gasteiger partial charge >= 0.3 is 0 Å². The molecular formula is C26H35FN4O2. The fraction of sp³-hybridized carbons (Fsp3) is 0.462. The summed E-state index contributed by atoms with van der Waals surface area (Å²) < 4.78 is 20.5. The predicted molar refractivity (Wildman–Crippen MR) is 130 cm³/mol. The third-order valence-electron chi connectivity index (χ3n) is 6.12. The third kappa shape index (κ3) is 5.60. The Morgan fingerprint density at radius 3 is 2.76 bits per heavy atom. The van der Waals surface area contributed by atoms with E-state index in [2.05, 4.69) is 24.1 Å². The summed E-state index contributed by atoms with van der Waals surface area (Å²) >= 11 is 0. The number of rotatable bonds is 12. The molecule has 7 heteroatoms. The Morgan fingerprint density at radius 2 is 2.09 bits per heavy atom. The Morgan fingerprint density at radius 1 is 1.30 bits per heavy atom. The Bertz CT molecular complexity index is 996. The summed E-state index contributed by atoms with van der Waals surface area (Å²) in [4.78, 5) is 15.3. The number of nitrogens with one attached hydrogen (secondary N) is 2. The Kier molecular flexibility index (Phi) is 8.58. The number of halogens is 1. The Hall–Kier alpha value is -2.77. The molecule has 0 aromatic heterocycles. The molecule has 1 aromatic rings. The summed E-state index contributed by atoms with van der Waals surface area (Å²) in [6.07, 6.45) is 5.65. The minimum atomic E-state index is -0.553. The molecular weight excluding hydrogens is 419 g/mol. The minimum Gasteiger partial charge on any atom is -0.489 e. The number of nitrogens with zero attached hydrogens (tertiary/aromatic N) is 1. The molecule has 6 nitrogen and oxygen atoms in total. The van der Waals surface area contributed by atoms with Gasteiger partial charge in [-0.2, -0.15) is 0 Å². The first kappa shape index (κ1) is 24.9. The van der Waals surface area contributed by atoms with Gasteiger partial charge < -0.3 is 15.8 Å². The predicted octanol–water partition coefficient (Wildman–Crippen LogP) is 3.58. The zero-order chi connectivity index (χ0) is 24.0. The zero-order valence-electron chi connectivity index (χ0n) is 19.8. The van der Waals surface area contributed by atoms with Gasteiger partial charge in [-0.1, -0.05) is 32.9 Å². The molecule has 0 heterocycles. The van der Waals surface area contributed by atoms with E-state index in [4.69, 9.17) is 15.9 Å². The van der Waals surface area contributed by atoms with Gasteiger partial charge in [0.1, 0.15) is 6.61 Å². The fourth-order valence-corrected chi connectivity index (χ4v) is 4.35. The van der Waals surface area contributed by atoms with Crippen molar-refractivity contribution < 1.29 is 13.9 Å². The van der Waals surface area contributed by atoms with E-state index in [-0.39, 0.29) is 28.7 Å². The van der Waals surface area contributed by atoms with Gasteiger partial charge in [0.15, 0.2) is 17.3 Å². The smallest absolute Gasteiger partial charge is 0.194 e. The lowest BCUT2D eigenvalue weighted by molar-refractivity contribution is -0.112. The molecule has 2 aliphatic rings. The number of ketones is 1. The average molecular weight is 455 g/mol. The molecule has 3 rings (SSSR count). The van der Waals surface area contributed by atoms with Gasteiger partial charge in [0.2, 0.25) is 0 Å². The van der Waals surface area contributed by atoms with Crippen molar-refractivity contribution in [3.05, 3.63) is 64.1 Å². The number of ether oxygens (including phenoxy) is 1. The second-order valence-corrected chi connectivity index (χ2v) is 8.55. The molecule has 1 aromatic carbocycles. The van der Waals surface area contributed by atoms with Crippen LogP contribution in [-0.4, -0.2) is 55.7 Å². The van der Waals surface area contributed by atoms with Crippen molar-refractivity contribution in [3.8, 4) is 5.75 Å². The summed E-state index contributed by atoms with van der Waals surface area (Å²) in [5.41, 5.74) is 8.29. The van der Waals surface area contributed by atoms with Crippen LogP contribution in [0.25, 0.3) is 0 Å². The van der Waals surface area contributed by atoms with Crippen LogP contribution in [0, 0.1) is 17.1 Å². The molecule has 0 fully saturated rings. The van der Waals surface area contributed by atoms with Gasteiger partial charge in [0, 0.05) is 36.3 Å². The zero-order valence-corrected chi connectivity index (χ0v) is 19.8. The standard InChI is InChI=1S/C26H35FN4O2/c1-4-12-31(13-11-30-5-2)14-15-33-21-10-9-18(16-20(21)27)24(28)23-25(29)19-8-6-7-17(3)22(19)26(23)32/h6,8-10,16-17,28,30H,4-5,7,11-15,29H2,1-3H3. The van der Waals surface area contributed by atoms with Gasteiger partial charge in [0.25, 0.3) is 0 Å². The van der Waals surface area contributed by atoms with Gasteiger partial charge in [-0.25, -0.2) is 4.39 Å². The maximum atomic E-state index is 14.8. The minimum absolute atomic E-state index is 0.0545. The molecule has 4 N–H and O–H groups in total. The molecule has 2 aliphatic carbocycles. The number of carbonyl (C=O) groups excluding carboxylic acids is 1. The van der Waals surface area contributed by atoms with E-state index in [0.717, 1.165) is 39.0 Å². The maximum Gasteiger partial charge on any atom is 0.194 e. The summed E-state index contributed by atoms with van der Waals surface area (Å²) in [5, 5.41) is 11.9. The van der Waals surface area contributed by atoms with E-state index in [1.165, 1.54) is 12.1 Å². The quantitative estimate of drug-likeness (QED) is 0.332. The van der Waals surface area contributed by atoms with Crippen LogP contribution < -0.4 is 15.8 Å². The van der Waals surface area contributed by atoms with Gasteiger partial charge in [-0.15, -0.1) is 0 Å². The number of likely N-dealkylation sites (N-methyl/N-ethyl adjacent to an activating group) is 1. The van der Waals surface area contributed by atoms with Crippen molar-refractivity contribution in [1.82, 2.24) is 10.2 Å². The molecule has 1 atom stereocenters. The molecule has 0 spiro atoms. The van der Waals surface area contributed by atoms with Crippen LogP contribution >= 0.6 is 0 Å². The van der Waals surface area contributed by atoms with E-state index in [0.29, 0.717) is 35.6 Å². The third-order valence-corrected chi connectivity index (χ3v) is 6.12. The average Bonchev–Trinajstić information content (AvgIpc) is 3.05. The molecule has 33 heavy (non-hydrogen) atoms. The van der Waals surface area contributed by atoms with Crippen LogP contribution in [0.4, 0.5) is 4.39 Å². The molecule has 0 saturated carbocycles. The fourth-order valence-electron chi connectivity index (χ4n) is 4.35. The van der Waals surface area contributed by atoms with Crippen LogP contribution in [0.15, 0.2) is 52.8 Å². The molecule has 1 unspecified atom stereocenters. The van der Waals surface area contributed by atoms with E-state index in [1.807, 2.05) is 19.1 Å². The second kappa shape index (κ2) is 11.4. The largest absolute Gasteiger partial charge is 0.489 e. The van der Waals surface area contributed by atoms with E-state index < -0.39 is 5.82 Å². The van der Waals surface area contributed by atoms with Crippen molar-refractivity contribution in [2.45, 2.75) is 33.6 Å². The van der Waals surface area contributed by atoms with Crippen LogP contribution in [0.2, 0.25) is 0 Å². The van der Waals surface area contributed by atoms with Crippen molar-refractivity contribution >= 4 is 11.5 Å². The molecule has 0 amide bonds. The molecule has 0 bridgehead atoms. The first-order valence-corrected chi connectivity index (χ1v) is 11.8. The van der Waals surface area contributed by atoms with E-state index in [1.54, 1.807) is 6.07 Å². The highest BCUT2D eigenvalue weighted by atomic mass is 19.1. The van der Waals surface area contributed by atoms with Crippen molar-refractivity contribution in [2.24, 2.45) is 11.7 Å². The normalized spacial score (nSPS) is 17.8. The number of allylic oxidation sites excluding steroid dienone is 4.